The molecule has 0 bridgehead atoms. The lowest BCUT2D eigenvalue weighted by Gasteiger charge is -2.25. The Balaban J connectivity index is 2.00. The molecule has 1 aromatic carbocycles. The number of hydrogen-bond acceptors (Lipinski definition) is 1. The summed E-state index contributed by atoms with van der Waals surface area (Å²) in [4.78, 5) is 12.2. The Morgan fingerprint density at radius 2 is 1.94 bits per heavy atom. The number of anilines is 1. The van der Waals surface area contributed by atoms with Crippen LogP contribution in [0, 0.1) is 18.8 Å². The second kappa shape index (κ2) is 5.87. The summed E-state index contributed by atoms with van der Waals surface area (Å²) in [7, 11) is 0. The van der Waals surface area contributed by atoms with Gasteiger partial charge in [-0.25, -0.2) is 0 Å². The fraction of sp³-hybridized carbons (Fsp3) is 0.533. The summed E-state index contributed by atoms with van der Waals surface area (Å²) >= 11 is 3.48. The third-order valence-corrected chi connectivity index (χ3v) is 4.46. The molecule has 1 aromatic rings. The minimum atomic E-state index is 0.174. The molecule has 1 fully saturated rings. The minimum absolute atomic E-state index is 0.174. The van der Waals surface area contributed by atoms with Gasteiger partial charge in [-0.1, -0.05) is 13.0 Å². The third kappa shape index (κ3) is 3.35. The number of halogens is 1. The highest BCUT2D eigenvalue weighted by molar-refractivity contribution is 9.10. The van der Waals surface area contributed by atoms with Gasteiger partial charge in [-0.2, -0.15) is 0 Å². The van der Waals surface area contributed by atoms with E-state index >= 15 is 0 Å². The summed E-state index contributed by atoms with van der Waals surface area (Å²) in [5.41, 5.74) is 2.05. The van der Waals surface area contributed by atoms with E-state index in [1.54, 1.807) is 0 Å². The molecular weight excluding hydrogens is 290 g/mol. The fourth-order valence-electron chi connectivity index (χ4n) is 2.49. The van der Waals surface area contributed by atoms with Crippen LogP contribution in [0.4, 0.5) is 5.69 Å². The van der Waals surface area contributed by atoms with Crippen molar-refractivity contribution >= 4 is 27.5 Å². The van der Waals surface area contributed by atoms with E-state index in [0.717, 1.165) is 34.5 Å². The van der Waals surface area contributed by atoms with Crippen molar-refractivity contribution in [1.82, 2.24) is 0 Å². The van der Waals surface area contributed by atoms with E-state index in [0.29, 0.717) is 0 Å². The second-order valence-corrected chi connectivity index (χ2v) is 6.28. The maximum atomic E-state index is 12.2. The van der Waals surface area contributed by atoms with Crippen LogP contribution >= 0.6 is 15.9 Å². The Bertz CT molecular complexity index is 436. The molecule has 0 radical (unpaired) electrons. The number of aryl methyl sites for hydroxylation is 1. The van der Waals surface area contributed by atoms with Gasteiger partial charge in [-0.15, -0.1) is 0 Å². The molecule has 0 aromatic heterocycles. The summed E-state index contributed by atoms with van der Waals surface area (Å²) in [6, 6.07) is 6.02. The van der Waals surface area contributed by atoms with E-state index in [1.807, 2.05) is 25.1 Å². The van der Waals surface area contributed by atoms with Crippen LogP contribution < -0.4 is 5.32 Å². The zero-order valence-electron chi connectivity index (χ0n) is 11.0. The van der Waals surface area contributed by atoms with Gasteiger partial charge in [0.15, 0.2) is 0 Å². The quantitative estimate of drug-likeness (QED) is 0.855. The molecule has 0 saturated heterocycles. The van der Waals surface area contributed by atoms with Gasteiger partial charge in [0.05, 0.1) is 5.69 Å². The first-order valence-corrected chi connectivity index (χ1v) is 7.42. The van der Waals surface area contributed by atoms with Crippen molar-refractivity contribution in [3.8, 4) is 0 Å². The monoisotopic (exact) mass is 309 g/mol. The number of hydrogen-bond donors (Lipinski definition) is 1. The van der Waals surface area contributed by atoms with Gasteiger partial charge in [-0.05, 0) is 72.2 Å². The number of benzene rings is 1. The molecule has 0 spiro atoms. The van der Waals surface area contributed by atoms with Gasteiger partial charge in [0.2, 0.25) is 5.91 Å². The molecule has 3 heteroatoms. The van der Waals surface area contributed by atoms with Gasteiger partial charge >= 0.3 is 0 Å². The standard InChI is InChI=1S/C15H20BrNO/c1-10-3-6-12(7-4-10)15(18)17-14-9-11(2)5-8-13(14)16/h5,8-10,12H,3-4,6-7H2,1-2H3,(H,17,18). The number of carbonyl (C=O) groups is 1. The van der Waals surface area contributed by atoms with E-state index in [9.17, 15) is 4.79 Å². The highest BCUT2D eigenvalue weighted by atomic mass is 79.9. The molecule has 2 rings (SSSR count). The minimum Gasteiger partial charge on any atom is -0.325 e. The molecule has 0 heterocycles. The number of nitrogens with one attached hydrogen (secondary N) is 1. The SMILES string of the molecule is Cc1ccc(Br)c(NC(=O)C2CCC(C)CC2)c1. The van der Waals surface area contributed by atoms with Gasteiger partial charge in [0.1, 0.15) is 0 Å². The summed E-state index contributed by atoms with van der Waals surface area (Å²) in [6.45, 7) is 4.30. The zero-order chi connectivity index (χ0) is 13.1. The molecule has 98 valence electrons. The third-order valence-electron chi connectivity index (χ3n) is 3.77. The van der Waals surface area contributed by atoms with Gasteiger partial charge in [0, 0.05) is 10.4 Å². The first-order valence-electron chi connectivity index (χ1n) is 6.63. The molecule has 0 unspecified atom stereocenters. The van der Waals surface area contributed by atoms with Crippen LogP contribution in [-0.4, -0.2) is 5.91 Å². The smallest absolute Gasteiger partial charge is 0.227 e. The van der Waals surface area contributed by atoms with Gasteiger partial charge in [0.25, 0.3) is 0 Å². The van der Waals surface area contributed by atoms with E-state index in [1.165, 1.54) is 12.8 Å². The normalized spacial score (nSPS) is 23.7. The molecule has 1 aliphatic rings. The molecule has 0 aliphatic heterocycles. The van der Waals surface area contributed by atoms with E-state index in [2.05, 4.69) is 28.2 Å². The molecule has 1 aliphatic carbocycles. The van der Waals surface area contributed by atoms with Crippen molar-refractivity contribution in [1.29, 1.82) is 0 Å². The van der Waals surface area contributed by atoms with Crippen LogP contribution in [0.5, 0.6) is 0 Å². The van der Waals surface area contributed by atoms with Crippen molar-refractivity contribution in [2.45, 2.75) is 39.5 Å². The Morgan fingerprint density at radius 1 is 1.28 bits per heavy atom. The van der Waals surface area contributed by atoms with Crippen molar-refractivity contribution in [3.05, 3.63) is 28.2 Å². The zero-order valence-corrected chi connectivity index (χ0v) is 12.6. The summed E-state index contributed by atoms with van der Waals surface area (Å²) in [6.07, 6.45) is 4.40. The van der Waals surface area contributed by atoms with Crippen LogP contribution in [0.2, 0.25) is 0 Å². The molecule has 1 amide bonds. The van der Waals surface area contributed by atoms with Crippen molar-refractivity contribution in [2.75, 3.05) is 5.32 Å². The highest BCUT2D eigenvalue weighted by Gasteiger charge is 2.24. The van der Waals surface area contributed by atoms with E-state index in [4.69, 9.17) is 0 Å². The van der Waals surface area contributed by atoms with Crippen LogP contribution in [-0.2, 0) is 4.79 Å². The summed E-state index contributed by atoms with van der Waals surface area (Å²) in [5, 5.41) is 3.05. The Kier molecular flexibility index (Phi) is 4.44. The topological polar surface area (TPSA) is 29.1 Å². The largest absolute Gasteiger partial charge is 0.325 e. The molecule has 2 nitrogen and oxygen atoms in total. The first kappa shape index (κ1) is 13.6. The van der Waals surface area contributed by atoms with Gasteiger partial charge < -0.3 is 5.32 Å². The maximum absolute atomic E-state index is 12.2. The Morgan fingerprint density at radius 3 is 2.61 bits per heavy atom. The Labute approximate surface area is 117 Å². The molecular formula is C15H20BrNO. The maximum Gasteiger partial charge on any atom is 0.227 e. The average Bonchev–Trinajstić information content (AvgIpc) is 2.34. The van der Waals surface area contributed by atoms with Crippen LogP contribution in [0.1, 0.15) is 38.2 Å². The molecule has 1 N–H and O–H groups in total. The van der Waals surface area contributed by atoms with E-state index in [-0.39, 0.29) is 11.8 Å². The van der Waals surface area contributed by atoms with Crippen molar-refractivity contribution < 1.29 is 4.79 Å². The van der Waals surface area contributed by atoms with Crippen LogP contribution in [0.25, 0.3) is 0 Å². The highest BCUT2D eigenvalue weighted by Crippen LogP contribution is 2.30. The van der Waals surface area contributed by atoms with Crippen LogP contribution in [0.15, 0.2) is 22.7 Å². The fourth-order valence-corrected chi connectivity index (χ4v) is 2.84. The van der Waals surface area contributed by atoms with E-state index < -0.39 is 0 Å². The predicted octanol–water partition coefficient (Wildman–Crippen LogP) is 4.52. The van der Waals surface area contributed by atoms with Crippen molar-refractivity contribution in [2.24, 2.45) is 11.8 Å². The first-order chi connectivity index (χ1) is 8.56. The molecule has 1 saturated carbocycles. The van der Waals surface area contributed by atoms with Crippen LogP contribution in [0.3, 0.4) is 0 Å². The number of rotatable bonds is 2. The summed E-state index contributed by atoms with van der Waals surface area (Å²) in [5.74, 6) is 1.14. The van der Waals surface area contributed by atoms with Gasteiger partial charge in [-0.3, -0.25) is 4.79 Å². The Hall–Kier alpha value is -0.830. The average molecular weight is 310 g/mol. The number of amides is 1. The van der Waals surface area contributed by atoms with Crippen molar-refractivity contribution in [3.63, 3.8) is 0 Å². The lowest BCUT2D eigenvalue weighted by molar-refractivity contribution is -0.121. The predicted molar refractivity (Wildman–Crippen MR) is 78.6 cm³/mol. The molecule has 18 heavy (non-hydrogen) atoms. The lowest BCUT2D eigenvalue weighted by atomic mass is 9.82. The summed E-state index contributed by atoms with van der Waals surface area (Å²) < 4.78 is 0.950. The lowest BCUT2D eigenvalue weighted by Crippen LogP contribution is -2.26. The number of carbonyl (C=O) groups excluding carboxylic acids is 1. The molecule has 0 atom stereocenters. The second-order valence-electron chi connectivity index (χ2n) is 5.43.